The van der Waals surface area contributed by atoms with Crippen molar-refractivity contribution in [2.24, 2.45) is 0 Å². The van der Waals surface area contributed by atoms with Crippen molar-refractivity contribution in [2.45, 2.75) is 44.9 Å². The average Bonchev–Trinajstić information content (AvgIpc) is 2.84. The summed E-state index contributed by atoms with van der Waals surface area (Å²) in [5.74, 6) is 0.633. The van der Waals surface area contributed by atoms with Gasteiger partial charge in [0.25, 0.3) is 0 Å². The molecule has 0 amide bonds. The van der Waals surface area contributed by atoms with Gasteiger partial charge < -0.3 is 13.9 Å². The van der Waals surface area contributed by atoms with E-state index in [2.05, 4.69) is 4.98 Å². The maximum absolute atomic E-state index is 11.8. The van der Waals surface area contributed by atoms with E-state index < -0.39 is 5.97 Å². The summed E-state index contributed by atoms with van der Waals surface area (Å²) in [4.78, 5) is 16.3. The molecule has 1 aliphatic rings. The average molecular weight is 267 g/mol. The molecular formula is C14H21NO4. The van der Waals surface area contributed by atoms with Crippen molar-refractivity contribution >= 4 is 5.97 Å². The SMILES string of the molecule is COC(=O)c1oc(C2CCOCC2)nc1C(C)(C)C. The van der Waals surface area contributed by atoms with Crippen molar-refractivity contribution in [2.75, 3.05) is 20.3 Å². The molecule has 106 valence electrons. The number of aromatic nitrogens is 1. The number of nitrogens with zero attached hydrogens (tertiary/aromatic N) is 1. The molecule has 0 radical (unpaired) electrons. The van der Waals surface area contributed by atoms with Gasteiger partial charge in [0.1, 0.15) is 0 Å². The van der Waals surface area contributed by atoms with Gasteiger partial charge in [0, 0.05) is 24.5 Å². The van der Waals surface area contributed by atoms with E-state index >= 15 is 0 Å². The Morgan fingerprint density at radius 2 is 1.95 bits per heavy atom. The predicted molar refractivity (Wildman–Crippen MR) is 69.3 cm³/mol. The van der Waals surface area contributed by atoms with E-state index in [0.29, 0.717) is 24.8 Å². The Bertz CT molecular complexity index is 453. The van der Waals surface area contributed by atoms with Crippen LogP contribution in [0.5, 0.6) is 0 Å². The molecule has 0 bridgehead atoms. The lowest BCUT2D eigenvalue weighted by atomic mass is 9.91. The highest BCUT2D eigenvalue weighted by Crippen LogP contribution is 2.32. The highest BCUT2D eigenvalue weighted by molar-refractivity contribution is 5.87. The molecule has 0 unspecified atom stereocenters. The minimum Gasteiger partial charge on any atom is -0.463 e. The first-order valence-electron chi connectivity index (χ1n) is 6.60. The second kappa shape index (κ2) is 5.33. The van der Waals surface area contributed by atoms with Crippen molar-refractivity contribution in [1.82, 2.24) is 4.98 Å². The summed E-state index contributed by atoms with van der Waals surface area (Å²) in [6, 6.07) is 0. The summed E-state index contributed by atoms with van der Waals surface area (Å²) >= 11 is 0. The molecule has 5 heteroatoms. The molecule has 0 N–H and O–H groups in total. The number of hydrogen-bond donors (Lipinski definition) is 0. The number of oxazole rings is 1. The van der Waals surface area contributed by atoms with E-state index in [0.717, 1.165) is 12.8 Å². The van der Waals surface area contributed by atoms with E-state index in [4.69, 9.17) is 13.9 Å². The third-order valence-electron chi connectivity index (χ3n) is 3.30. The molecule has 2 heterocycles. The fraction of sp³-hybridized carbons (Fsp3) is 0.714. The van der Waals surface area contributed by atoms with E-state index in [1.165, 1.54) is 7.11 Å². The predicted octanol–water partition coefficient (Wildman–Crippen LogP) is 2.65. The highest BCUT2D eigenvalue weighted by atomic mass is 16.5. The van der Waals surface area contributed by atoms with Crippen LogP contribution in [0.1, 0.15) is 61.7 Å². The maximum atomic E-state index is 11.8. The number of ether oxygens (including phenoxy) is 2. The second-order valence-electron chi connectivity index (χ2n) is 5.86. The second-order valence-corrected chi connectivity index (χ2v) is 5.86. The number of methoxy groups -OCH3 is 1. The quantitative estimate of drug-likeness (QED) is 0.771. The summed E-state index contributed by atoms with van der Waals surface area (Å²) in [7, 11) is 1.35. The topological polar surface area (TPSA) is 61.6 Å². The summed E-state index contributed by atoms with van der Waals surface area (Å²) in [5, 5.41) is 0. The van der Waals surface area contributed by atoms with Crippen molar-refractivity contribution in [3.63, 3.8) is 0 Å². The smallest absolute Gasteiger partial charge is 0.376 e. The van der Waals surface area contributed by atoms with Crippen LogP contribution in [0.4, 0.5) is 0 Å². The van der Waals surface area contributed by atoms with Crippen LogP contribution in [0, 0.1) is 0 Å². The summed E-state index contributed by atoms with van der Waals surface area (Å²) in [6.45, 7) is 7.44. The first-order chi connectivity index (χ1) is 8.93. The molecule has 0 aliphatic carbocycles. The lowest BCUT2D eigenvalue weighted by Crippen LogP contribution is -2.17. The van der Waals surface area contributed by atoms with Crippen LogP contribution >= 0.6 is 0 Å². The number of esters is 1. The monoisotopic (exact) mass is 267 g/mol. The maximum Gasteiger partial charge on any atom is 0.376 e. The van der Waals surface area contributed by atoms with Gasteiger partial charge in [0.2, 0.25) is 5.76 Å². The Balaban J connectivity index is 2.36. The zero-order chi connectivity index (χ0) is 14.0. The standard InChI is InChI=1S/C14H21NO4/c1-14(2,3)11-10(13(16)17-4)19-12(15-11)9-5-7-18-8-6-9/h9H,5-8H2,1-4H3. The van der Waals surface area contributed by atoms with Crippen molar-refractivity contribution in [3.05, 3.63) is 17.3 Å². The van der Waals surface area contributed by atoms with E-state index in [1.807, 2.05) is 20.8 Å². The van der Waals surface area contributed by atoms with Crippen LogP contribution in [-0.4, -0.2) is 31.3 Å². The zero-order valence-corrected chi connectivity index (χ0v) is 12.0. The molecule has 0 saturated carbocycles. The van der Waals surface area contributed by atoms with Crippen LogP contribution < -0.4 is 0 Å². The summed E-state index contributed by atoms with van der Waals surface area (Å²) < 4.78 is 15.8. The van der Waals surface area contributed by atoms with Gasteiger partial charge in [-0.05, 0) is 12.8 Å². The first-order valence-corrected chi connectivity index (χ1v) is 6.60. The fourth-order valence-electron chi connectivity index (χ4n) is 2.20. The van der Waals surface area contributed by atoms with Gasteiger partial charge in [0.15, 0.2) is 5.89 Å². The number of carbonyl (C=O) groups is 1. The molecule has 0 atom stereocenters. The van der Waals surface area contributed by atoms with Crippen molar-refractivity contribution in [3.8, 4) is 0 Å². The molecule has 19 heavy (non-hydrogen) atoms. The number of hydrogen-bond acceptors (Lipinski definition) is 5. The molecule has 2 rings (SSSR count). The minimum atomic E-state index is -0.462. The van der Waals surface area contributed by atoms with Crippen LogP contribution in [0.15, 0.2) is 4.42 Å². The van der Waals surface area contributed by atoms with Crippen molar-refractivity contribution < 1.29 is 18.7 Å². The third kappa shape index (κ3) is 2.97. The molecule has 0 spiro atoms. The van der Waals surface area contributed by atoms with Crippen molar-refractivity contribution in [1.29, 1.82) is 0 Å². The molecule has 1 saturated heterocycles. The molecular weight excluding hydrogens is 246 g/mol. The van der Waals surface area contributed by atoms with Gasteiger partial charge in [0.05, 0.1) is 12.8 Å². The minimum absolute atomic E-state index is 0.230. The Labute approximate surface area is 113 Å². The van der Waals surface area contributed by atoms with E-state index in [1.54, 1.807) is 0 Å². The lowest BCUT2D eigenvalue weighted by molar-refractivity contribution is 0.0551. The van der Waals surface area contributed by atoms with Crippen LogP contribution in [0.3, 0.4) is 0 Å². The number of rotatable bonds is 2. The molecule has 1 aromatic rings. The molecule has 5 nitrogen and oxygen atoms in total. The molecule has 1 aromatic heterocycles. The Morgan fingerprint density at radius 3 is 2.47 bits per heavy atom. The Hall–Kier alpha value is -1.36. The summed E-state index contributed by atoms with van der Waals surface area (Å²) in [5.41, 5.74) is 0.414. The van der Waals surface area contributed by atoms with E-state index in [-0.39, 0.29) is 17.1 Å². The zero-order valence-electron chi connectivity index (χ0n) is 12.0. The fourth-order valence-corrected chi connectivity index (χ4v) is 2.20. The number of carbonyl (C=O) groups excluding carboxylic acids is 1. The third-order valence-corrected chi connectivity index (χ3v) is 3.30. The highest BCUT2D eigenvalue weighted by Gasteiger charge is 2.32. The Morgan fingerprint density at radius 1 is 1.32 bits per heavy atom. The van der Waals surface area contributed by atoms with E-state index in [9.17, 15) is 4.79 Å². The Kier molecular flexibility index (Phi) is 3.94. The van der Waals surface area contributed by atoms with Gasteiger partial charge in [-0.1, -0.05) is 20.8 Å². The van der Waals surface area contributed by atoms with Gasteiger partial charge >= 0.3 is 5.97 Å². The first kappa shape index (κ1) is 14.1. The normalized spacial score (nSPS) is 17.5. The van der Waals surface area contributed by atoms with Crippen LogP contribution in [-0.2, 0) is 14.9 Å². The lowest BCUT2D eigenvalue weighted by Gasteiger charge is -2.19. The van der Waals surface area contributed by atoms with Gasteiger partial charge in [-0.3, -0.25) is 0 Å². The van der Waals surface area contributed by atoms with Crippen LogP contribution in [0.25, 0.3) is 0 Å². The summed E-state index contributed by atoms with van der Waals surface area (Å²) in [6.07, 6.45) is 1.76. The molecule has 1 fully saturated rings. The molecule has 1 aliphatic heterocycles. The van der Waals surface area contributed by atoms with Gasteiger partial charge in [-0.2, -0.15) is 0 Å². The van der Waals surface area contributed by atoms with Crippen LogP contribution in [0.2, 0.25) is 0 Å². The molecule has 0 aromatic carbocycles. The largest absolute Gasteiger partial charge is 0.463 e. The van der Waals surface area contributed by atoms with Gasteiger partial charge in [-0.25, -0.2) is 9.78 Å². The van der Waals surface area contributed by atoms with Gasteiger partial charge in [-0.15, -0.1) is 0 Å².